The van der Waals surface area contributed by atoms with Crippen molar-refractivity contribution in [2.45, 2.75) is 104 Å². The van der Waals surface area contributed by atoms with Crippen LogP contribution in [0.5, 0.6) is 0 Å². The molecule has 0 aliphatic heterocycles. The fraction of sp³-hybridized carbons (Fsp3) is 0.571. The van der Waals surface area contributed by atoms with Crippen LogP contribution in [-0.4, -0.2) is 0 Å². The Morgan fingerprint density at radius 2 is 1.41 bits per heavy atom. The lowest BCUT2D eigenvalue weighted by Crippen LogP contribution is -2.23. The smallest absolute Gasteiger partial charge is 0.0591 e. The summed E-state index contributed by atoms with van der Waals surface area (Å²) < 4.78 is 1.25. The van der Waals surface area contributed by atoms with Crippen molar-refractivity contribution in [2.24, 2.45) is 0 Å². The predicted molar refractivity (Wildman–Crippen MR) is 151 cm³/mol. The van der Waals surface area contributed by atoms with Crippen LogP contribution in [0.25, 0.3) is 19.5 Å². The normalized spacial score (nSPS) is 23.2. The van der Waals surface area contributed by atoms with Gasteiger partial charge in [0.15, 0.2) is 0 Å². The molecular formula is C28H37BrS3. The van der Waals surface area contributed by atoms with Gasteiger partial charge in [0.25, 0.3) is 0 Å². The Morgan fingerprint density at radius 1 is 0.781 bits per heavy atom. The second-order valence-electron chi connectivity index (χ2n) is 10.7. The third-order valence-electron chi connectivity index (χ3n) is 7.40. The van der Waals surface area contributed by atoms with E-state index in [2.05, 4.69) is 75.7 Å². The summed E-state index contributed by atoms with van der Waals surface area (Å²) in [5, 5.41) is 0. The zero-order valence-electron chi connectivity index (χ0n) is 20.8. The zero-order chi connectivity index (χ0) is 23.4. The van der Waals surface area contributed by atoms with Crippen molar-refractivity contribution in [2.75, 3.05) is 0 Å². The Labute approximate surface area is 215 Å². The van der Waals surface area contributed by atoms with Crippen molar-refractivity contribution in [1.29, 1.82) is 0 Å². The molecule has 3 aromatic rings. The van der Waals surface area contributed by atoms with E-state index < -0.39 is 0 Å². The molecule has 2 unspecified atom stereocenters. The number of fused-ring (bicyclic) bond motifs is 2. The highest BCUT2D eigenvalue weighted by molar-refractivity contribution is 9.10. The highest BCUT2D eigenvalue weighted by Gasteiger charge is 2.35. The van der Waals surface area contributed by atoms with Crippen molar-refractivity contribution in [3.05, 3.63) is 43.6 Å². The van der Waals surface area contributed by atoms with Gasteiger partial charge in [-0.2, -0.15) is 0 Å². The molecule has 2 aliphatic rings. The van der Waals surface area contributed by atoms with E-state index >= 15 is 0 Å². The van der Waals surface area contributed by atoms with E-state index in [9.17, 15) is 0 Å². The lowest BCUT2D eigenvalue weighted by molar-refractivity contribution is 0.408. The molecule has 5 rings (SSSR count). The van der Waals surface area contributed by atoms with Crippen LogP contribution in [0, 0.1) is 0 Å². The Balaban J connectivity index is 0.00000119. The van der Waals surface area contributed by atoms with E-state index in [1.807, 2.05) is 47.9 Å². The standard InChI is InChI=1S/C26H31BrS3.C2H6/c1-14-7-10-26(5,6)24-16(14)11-19(30-24)20-13-18(27)23(28-20)21-12-17-22(29-21)15(2)8-9-25(17,3)4;1-2/h11-15H,7-10H2,1-6H3;1-2H3. The Morgan fingerprint density at radius 3 is 2.06 bits per heavy atom. The first kappa shape index (κ1) is 24.7. The number of hydrogen-bond acceptors (Lipinski definition) is 3. The molecule has 0 amide bonds. The van der Waals surface area contributed by atoms with Crippen molar-refractivity contribution in [3.8, 4) is 19.5 Å². The fourth-order valence-corrected chi connectivity index (χ4v) is 10.2. The molecule has 0 aromatic carbocycles. The van der Waals surface area contributed by atoms with Gasteiger partial charge in [-0.05, 0) is 93.6 Å². The molecular weight excluding hydrogens is 512 g/mol. The molecule has 2 atom stereocenters. The monoisotopic (exact) mass is 548 g/mol. The summed E-state index contributed by atoms with van der Waals surface area (Å²) in [6.45, 7) is 18.5. The predicted octanol–water partition coefficient (Wildman–Crippen LogP) is 11.3. The molecule has 0 bridgehead atoms. The van der Waals surface area contributed by atoms with Gasteiger partial charge in [0.1, 0.15) is 0 Å². The highest BCUT2D eigenvalue weighted by Crippen LogP contribution is 2.54. The molecule has 0 nitrogen and oxygen atoms in total. The van der Waals surface area contributed by atoms with Crippen molar-refractivity contribution in [1.82, 2.24) is 0 Å². The first-order valence-electron chi connectivity index (χ1n) is 12.2. The van der Waals surface area contributed by atoms with Gasteiger partial charge in [0.05, 0.1) is 4.88 Å². The SMILES string of the molecule is CC.CC1CCC(C)(C)c2sc(-c3cc(Br)c(-c4cc5c(s4)C(C)CCC5(C)C)s3)cc21. The summed E-state index contributed by atoms with van der Waals surface area (Å²) in [6, 6.07) is 7.36. The third-order valence-corrected chi connectivity index (χ3v) is 12.7. The van der Waals surface area contributed by atoms with Crippen molar-refractivity contribution in [3.63, 3.8) is 0 Å². The molecule has 2 aliphatic carbocycles. The van der Waals surface area contributed by atoms with Gasteiger partial charge in [-0.1, -0.05) is 55.4 Å². The minimum Gasteiger partial charge on any atom is -0.139 e. The maximum Gasteiger partial charge on any atom is 0.0591 e. The number of rotatable bonds is 2. The fourth-order valence-electron chi connectivity index (χ4n) is 5.18. The van der Waals surface area contributed by atoms with Crippen LogP contribution in [0.2, 0.25) is 0 Å². The molecule has 0 N–H and O–H groups in total. The van der Waals surface area contributed by atoms with Gasteiger partial charge >= 0.3 is 0 Å². The summed E-state index contributed by atoms with van der Waals surface area (Å²) in [5.74, 6) is 1.38. The first-order chi connectivity index (χ1) is 15.1. The van der Waals surface area contributed by atoms with Crippen LogP contribution < -0.4 is 0 Å². The van der Waals surface area contributed by atoms with E-state index in [4.69, 9.17) is 0 Å². The van der Waals surface area contributed by atoms with Gasteiger partial charge in [0.2, 0.25) is 0 Å². The Bertz CT molecular complexity index is 1110. The lowest BCUT2D eigenvalue weighted by Gasteiger charge is -2.33. The van der Waals surface area contributed by atoms with Gasteiger partial charge in [-0.25, -0.2) is 0 Å². The average Bonchev–Trinajstić information content (AvgIpc) is 3.47. The highest BCUT2D eigenvalue weighted by atomic mass is 79.9. The summed E-state index contributed by atoms with van der Waals surface area (Å²) in [5.41, 5.74) is 3.80. The average molecular weight is 550 g/mol. The minimum absolute atomic E-state index is 0.303. The summed E-state index contributed by atoms with van der Waals surface area (Å²) in [6.07, 6.45) is 5.22. The molecule has 0 fully saturated rings. The van der Waals surface area contributed by atoms with Crippen LogP contribution in [0.15, 0.2) is 22.7 Å². The largest absolute Gasteiger partial charge is 0.139 e. The third kappa shape index (κ3) is 4.23. The molecule has 0 saturated heterocycles. The zero-order valence-corrected chi connectivity index (χ0v) is 24.9. The van der Waals surface area contributed by atoms with Gasteiger partial charge in [-0.15, -0.1) is 34.0 Å². The molecule has 4 heteroatoms. The summed E-state index contributed by atoms with van der Waals surface area (Å²) >= 11 is 9.95. The molecule has 32 heavy (non-hydrogen) atoms. The van der Waals surface area contributed by atoms with Crippen LogP contribution in [0.4, 0.5) is 0 Å². The summed E-state index contributed by atoms with van der Waals surface area (Å²) in [7, 11) is 0. The molecule has 3 heterocycles. The number of thiophene rings is 3. The number of hydrogen-bond donors (Lipinski definition) is 0. The van der Waals surface area contributed by atoms with Crippen LogP contribution >= 0.6 is 49.9 Å². The quantitative estimate of drug-likeness (QED) is 0.298. The molecule has 3 aromatic heterocycles. The maximum atomic E-state index is 3.92. The first-order valence-corrected chi connectivity index (χ1v) is 15.4. The van der Waals surface area contributed by atoms with Crippen LogP contribution in [0.3, 0.4) is 0 Å². The maximum absolute atomic E-state index is 3.92. The topological polar surface area (TPSA) is 0 Å². The van der Waals surface area contributed by atoms with Crippen molar-refractivity contribution < 1.29 is 0 Å². The van der Waals surface area contributed by atoms with Gasteiger partial charge in [0, 0.05) is 28.9 Å². The molecule has 0 spiro atoms. The lowest BCUT2D eigenvalue weighted by atomic mass is 9.73. The van der Waals surface area contributed by atoms with E-state index in [1.54, 1.807) is 20.9 Å². The van der Waals surface area contributed by atoms with E-state index in [0.717, 1.165) is 0 Å². The van der Waals surface area contributed by atoms with Crippen LogP contribution in [0.1, 0.15) is 114 Å². The summed E-state index contributed by atoms with van der Waals surface area (Å²) in [4.78, 5) is 8.95. The van der Waals surface area contributed by atoms with E-state index in [0.29, 0.717) is 22.7 Å². The second-order valence-corrected chi connectivity index (χ2v) is 14.8. The van der Waals surface area contributed by atoms with E-state index in [1.165, 1.54) is 49.7 Å². The molecule has 174 valence electrons. The molecule has 0 saturated carbocycles. The van der Waals surface area contributed by atoms with Crippen LogP contribution in [-0.2, 0) is 10.8 Å². The van der Waals surface area contributed by atoms with Crippen molar-refractivity contribution >= 4 is 49.9 Å². The van der Waals surface area contributed by atoms with Gasteiger partial charge in [-0.3, -0.25) is 0 Å². The van der Waals surface area contributed by atoms with Gasteiger partial charge < -0.3 is 0 Å². The molecule has 0 radical (unpaired) electrons. The Hall–Kier alpha value is -0.420. The number of halogens is 1. The minimum atomic E-state index is 0.303. The van der Waals surface area contributed by atoms with E-state index in [-0.39, 0.29) is 0 Å². The Kier molecular flexibility index (Phi) is 6.93. The second kappa shape index (κ2) is 8.98.